The molecule has 0 radical (unpaired) electrons. The Hall–Kier alpha value is -0.910. The first-order valence-electron chi connectivity index (χ1n) is 6.67. The van der Waals surface area contributed by atoms with Crippen LogP contribution in [-0.2, 0) is 20.5 Å². The standard InChI is InChI=1S/C14H21NO3S/c1-15(11-14-9-5-6-10-18-14)19(16,17)12-13-7-3-2-4-8-13/h2-4,7-8,14H,5-6,9-12H2,1H3. The smallest absolute Gasteiger partial charge is 0.218 e. The largest absolute Gasteiger partial charge is 0.377 e. The molecule has 5 heteroatoms. The molecule has 106 valence electrons. The number of hydrogen-bond donors (Lipinski definition) is 0. The second-order valence-electron chi connectivity index (χ2n) is 5.01. The van der Waals surface area contributed by atoms with Crippen molar-refractivity contribution >= 4 is 10.0 Å². The van der Waals surface area contributed by atoms with E-state index in [1.807, 2.05) is 30.3 Å². The normalized spacial score (nSPS) is 20.6. The van der Waals surface area contributed by atoms with Crippen molar-refractivity contribution in [3.8, 4) is 0 Å². The Morgan fingerprint density at radius 1 is 1.26 bits per heavy atom. The third kappa shape index (κ3) is 4.30. The fraction of sp³-hybridized carbons (Fsp3) is 0.571. The Bertz CT molecular complexity index is 481. The number of sulfonamides is 1. The summed E-state index contributed by atoms with van der Waals surface area (Å²) in [7, 11) is -1.62. The fourth-order valence-electron chi connectivity index (χ4n) is 2.25. The lowest BCUT2D eigenvalue weighted by Crippen LogP contribution is -2.37. The van der Waals surface area contributed by atoms with Gasteiger partial charge in [0.1, 0.15) is 0 Å². The lowest BCUT2D eigenvalue weighted by molar-refractivity contribution is 0.00857. The van der Waals surface area contributed by atoms with Crippen LogP contribution in [0.2, 0.25) is 0 Å². The maximum Gasteiger partial charge on any atom is 0.218 e. The molecule has 0 N–H and O–H groups in total. The molecule has 0 amide bonds. The van der Waals surface area contributed by atoms with E-state index in [0.717, 1.165) is 31.4 Å². The van der Waals surface area contributed by atoms with Gasteiger partial charge in [-0.15, -0.1) is 0 Å². The molecule has 1 saturated heterocycles. The van der Waals surface area contributed by atoms with Crippen molar-refractivity contribution in [3.63, 3.8) is 0 Å². The first-order chi connectivity index (χ1) is 9.08. The first kappa shape index (κ1) is 14.5. The summed E-state index contributed by atoms with van der Waals surface area (Å²) in [6.45, 7) is 1.20. The maximum atomic E-state index is 12.2. The van der Waals surface area contributed by atoms with E-state index in [1.165, 1.54) is 4.31 Å². The van der Waals surface area contributed by atoms with Gasteiger partial charge in [-0.25, -0.2) is 12.7 Å². The van der Waals surface area contributed by atoms with Gasteiger partial charge in [0.25, 0.3) is 0 Å². The van der Waals surface area contributed by atoms with E-state index in [-0.39, 0.29) is 11.9 Å². The van der Waals surface area contributed by atoms with Gasteiger partial charge in [0, 0.05) is 20.2 Å². The molecular formula is C14H21NO3S. The molecule has 1 aromatic rings. The zero-order chi connectivity index (χ0) is 13.7. The van der Waals surface area contributed by atoms with E-state index in [2.05, 4.69) is 0 Å². The second-order valence-corrected chi connectivity index (χ2v) is 7.09. The number of ether oxygens (including phenoxy) is 1. The predicted molar refractivity (Wildman–Crippen MR) is 75.3 cm³/mol. The molecule has 1 aromatic carbocycles. The van der Waals surface area contributed by atoms with Crippen LogP contribution in [0.4, 0.5) is 0 Å². The van der Waals surface area contributed by atoms with Crippen LogP contribution >= 0.6 is 0 Å². The molecule has 2 rings (SSSR count). The summed E-state index contributed by atoms with van der Waals surface area (Å²) < 4.78 is 31.5. The van der Waals surface area contributed by atoms with E-state index in [9.17, 15) is 8.42 Å². The van der Waals surface area contributed by atoms with Crippen LogP contribution in [0.3, 0.4) is 0 Å². The van der Waals surface area contributed by atoms with Crippen molar-refractivity contribution in [2.45, 2.75) is 31.1 Å². The zero-order valence-corrected chi connectivity index (χ0v) is 12.1. The molecule has 1 unspecified atom stereocenters. The fourth-order valence-corrected chi connectivity index (χ4v) is 3.47. The summed E-state index contributed by atoms with van der Waals surface area (Å²) in [5, 5.41) is 0. The van der Waals surface area contributed by atoms with Crippen LogP contribution in [-0.4, -0.2) is 39.0 Å². The molecule has 1 aliphatic rings. The molecule has 1 atom stereocenters. The maximum absolute atomic E-state index is 12.2. The lowest BCUT2D eigenvalue weighted by Gasteiger charge is -2.27. The van der Waals surface area contributed by atoms with E-state index >= 15 is 0 Å². The molecule has 19 heavy (non-hydrogen) atoms. The first-order valence-corrected chi connectivity index (χ1v) is 8.28. The lowest BCUT2D eigenvalue weighted by atomic mass is 10.1. The Kier molecular flexibility index (Phi) is 4.96. The Balaban J connectivity index is 1.94. The summed E-state index contributed by atoms with van der Waals surface area (Å²) in [5.41, 5.74) is 0.818. The number of rotatable bonds is 5. The van der Waals surface area contributed by atoms with Crippen molar-refractivity contribution in [2.75, 3.05) is 20.2 Å². The van der Waals surface area contributed by atoms with Crippen LogP contribution in [0, 0.1) is 0 Å². The molecule has 0 spiro atoms. The van der Waals surface area contributed by atoms with E-state index in [4.69, 9.17) is 4.74 Å². The predicted octanol–water partition coefficient (Wildman–Crippen LogP) is 2.02. The highest BCUT2D eigenvalue weighted by Gasteiger charge is 2.23. The van der Waals surface area contributed by atoms with Crippen molar-refractivity contribution in [1.82, 2.24) is 4.31 Å². The molecule has 0 aromatic heterocycles. The molecule has 4 nitrogen and oxygen atoms in total. The van der Waals surface area contributed by atoms with Gasteiger partial charge in [0.15, 0.2) is 0 Å². The van der Waals surface area contributed by atoms with Crippen molar-refractivity contribution in [3.05, 3.63) is 35.9 Å². The zero-order valence-electron chi connectivity index (χ0n) is 11.3. The highest BCUT2D eigenvalue weighted by atomic mass is 32.2. The Morgan fingerprint density at radius 3 is 2.63 bits per heavy atom. The minimum Gasteiger partial charge on any atom is -0.377 e. The molecule has 0 saturated carbocycles. The van der Waals surface area contributed by atoms with Crippen LogP contribution in [0.25, 0.3) is 0 Å². The molecule has 1 heterocycles. The summed E-state index contributed by atoms with van der Waals surface area (Å²) in [6, 6.07) is 9.27. The van der Waals surface area contributed by atoms with Crippen molar-refractivity contribution in [2.24, 2.45) is 0 Å². The monoisotopic (exact) mass is 283 g/mol. The minimum atomic E-state index is -3.26. The molecule has 1 aliphatic heterocycles. The quantitative estimate of drug-likeness (QED) is 0.830. The topological polar surface area (TPSA) is 46.6 Å². The van der Waals surface area contributed by atoms with Gasteiger partial charge in [-0.3, -0.25) is 0 Å². The molecule has 0 aliphatic carbocycles. The summed E-state index contributed by atoms with van der Waals surface area (Å²) in [4.78, 5) is 0. The molecular weight excluding hydrogens is 262 g/mol. The molecule has 1 fully saturated rings. The van der Waals surface area contributed by atoms with Crippen molar-refractivity contribution < 1.29 is 13.2 Å². The number of hydrogen-bond acceptors (Lipinski definition) is 3. The third-order valence-corrected chi connectivity index (χ3v) is 5.20. The Labute approximate surface area is 115 Å². The SMILES string of the molecule is CN(CC1CCCCO1)S(=O)(=O)Cc1ccccc1. The van der Waals surface area contributed by atoms with Crippen molar-refractivity contribution in [1.29, 1.82) is 0 Å². The van der Waals surface area contributed by atoms with E-state index in [0.29, 0.717) is 6.54 Å². The highest BCUT2D eigenvalue weighted by molar-refractivity contribution is 7.88. The van der Waals surface area contributed by atoms with Crippen LogP contribution in [0.15, 0.2) is 30.3 Å². The Morgan fingerprint density at radius 2 is 2.00 bits per heavy atom. The van der Waals surface area contributed by atoms with Gasteiger partial charge in [0.05, 0.1) is 11.9 Å². The number of nitrogens with zero attached hydrogens (tertiary/aromatic N) is 1. The van der Waals surface area contributed by atoms with E-state index in [1.54, 1.807) is 7.05 Å². The number of benzene rings is 1. The van der Waals surface area contributed by atoms with Gasteiger partial charge in [-0.1, -0.05) is 30.3 Å². The minimum absolute atomic E-state index is 0.0456. The van der Waals surface area contributed by atoms with Crippen LogP contribution < -0.4 is 0 Å². The average molecular weight is 283 g/mol. The van der Waals surface area contributed by atoms with Gasteiger partial charge < -0.3 is 4.74 Å². The van der Waals surface area contributed by atoms with Gasteiger partial charge >= 0.3 is 0 Å². The van der Waals surface area contributed by atoms with Gasteiger partial charge in [-0.2, -0.15) is 0 Å². The molecule has 0 bridgehead atoms. The third-order valence-electron chi connectivity index (χ3n) is 3.40. The highest BCUT2D eigenvalue weighted by Crippen LogP contribution is 2.16. The van der Waals surface area contributed by atoms with Gasteiger partial charge in [0.2, 0.25) is 10.0 Å². The summed E-state index contributed by atoms with van der Waals surface area (Å²) in [5.74, 6) is 0.0526. The van der Waals surface area contributed by atoms with E-state index < -0.39 is 10.0 Å². The average Bonchev–Trinajstić information content (AvgIpc) is 2.40. The van der Waals surface area contributed by atoms with Crippen LogP contribution in [0.5, 0.6) is 0 Å². The second kappa shape index (κ2) is 6.50. The van der Waals surface area contributed by atoms with Gasteiger partial charge in [-0.05, 0) is 24.8 Å². The van der Waals surface area contributed by atoms with Crippen LogP contribution in [0.1, 0.15) is 24.8 Å². The summed E-state index contributed by atoms with van der Waals surface area (Å²) >= 11 is 0. The number of likely N-dealkylation sites (N-methyl/N-ethyl adjacent to an activating group) is 1. The summed E-state index contributed by atoms with van der Waals surface area (Å²) in [6.07, 6.45) is 3.20.